The predicted octanol–water partition coefficient (Wildman–Crippen LogP) is 0.162. The number of H-pyrrole nitrogens is 1. The molecule has 1 aromatic heterocycles. The third kappa shape index (κ3) is 2.80. The number of aromatic nitrogens is 1. The molecule has 2 rings (SSSR count). The zero-order valence-electron chi connectivity index (χ0n) is 10.3. The van der Waals surface area contributed by atoms with E-state index in [0.29, 0.717) is 13.1 Å². The fourth-order valence-electron chi connectivity index (χ4n) is 1.96. The van der Waals surface area contributed by atoms with Crippen molar-refractivity contribution in [3.05, 3.63) is 18.0 Å². The molecule has 0 aromatic carbocycles. The number of amides is 1. The molecule has 1 aliphatic heterocycles. The molecule has 0 atom stereocenters. The summed E-state index contributed by atoms with van der Waals surface area (Å²) >= 11 is 0. The third-order valence-corrected chi connectivity index (χ3v) is 4.83. The molecule has 19 heavy (non-hydrogen) atoms. The van der Waals surface area contributed by atoms with E-state index in [2.05, 4.69) is 16.2 Å². The Hall–Kier alpha value is -1.78. The minimum atomic E-state index is -3.49. The molecular formula is C12H15N3O3S. The minimum Gasteiger partial charge on any atom is -0.356 e. The van der Waals surface area contributed by atoms with Crippen molar-refractivity contribution >= 4 is 15.9 Å². The second-order valence-electron chi connectivity index (χ2n) is 4.25. The Labute approximate surface area is 112 Å². The van der Waals surface area contributed by atoms with Crippen molar-refractivity contribution in [2.24, 2.45) is 0 Å². The van der Waals surface area contributed by atoms with Crippen LogP contribution in [0.15, 0.2) is 17.2 Å². The molecule has 1 aromatic rings. The van der Waals surface area contributed by atoms with Gasteiger partial charge < -0.3 is 10.3 Å². The molecule has 0 saturated carbocycles. The lowest BCUT2D eigenvalue weighted by molar-refractivity contribution is 0.0954. The van der Waals surface area contributed by atoms with Crippen molar-refractivity contribution < 1.29 is 13.2 Å². The number of nitrogens with zero attached hydrogens (tertiary/aromatic N) is 1. The zero-order valence-corrected chi connectivity index (χ0v) is 11.2. The Morgan fingerprint density at radius 1 is 1.47 bits per heavy atom. The highest BCUT2D eigenvalue weighted by atomic mass is 32.2. The summed E-state index contributed by atoms with van der Waals surface area (Å²) in [7, 11) is -3.49. The molecule has 102 valence electrons. The Morgan fingerprint density at radius 3 is 2.79 bits per heavy atom. The first kappa shape index (κ1) is 13.6. The average molecular weight is 281 g/mol. The Kier molecular flexibility index (Phi) is 3.93. The average Bonchev–Trinajstić information content (AvgIpc) is 3.05. The minimum absolute atomic E-state index is 0.103. The maximum absolute atomic E-state index is 12.2. The van der Waals surface area contributed by atoms with Gasteiger partial charge in [-0.15, -0.1) is 6.42 Å². The van der Waals surface area contributed by atoms with E-state index in [0.717, 1.165) is 12.8 Å². The first-order valence-corrected chi connectivity index (χ1v) is 7.40. The molecule has 0 spiro atoms. The quantitative estimate of drug-likeness (QED) is 0.771. The fraction of sp³-hybridized carbons (Fsp3) is 0.417. The maximum atomic E-state index is 12.2. The smallest absolute Gasteiger partial charge is 0.268 e. The lowest BCUT2D eigenvalue weighted by atomic mass is 10.4. The van der Waals surface area contributed by atoms with Crippen LogP contribution < -0.4 is 5.32 Å². The summed E-state index contributed by atoms with van der Waals surface area (Å²) < 4.78 is 25.9. The van der Waals surface area contributed by atoms with Crippen LogP contribution in [-0.4, -0.2) is 43.2 Å². The van der Waals surface area contributed by atoms with Gasteiger partial charge in [0.25, 0.3) is 5.91 Å². The van der Waals surface area contributed by atoms with Crippen LogP contribution >= 0.6 is 0 Å². The maximum Gasteiger partial charge on any atom is 0.268 e. The van der Waals surface area contributed by atoms with Crippen molar-refractivity contribution in [1.82, 2.24) is 14.6 Å². The van der Waals surface area contributed by atoms with E-state index in [1.54, 1.807) is 0 Å². The van der Waals surface area contributed by atoms with Gasteiger partial charge in [0.15, 0.2) is 0 Å². The molecule has 0 unspecified atom stereocenters. The number of aromatic amines is 1. The van der Waals surface area contributed by atoms with Gasteiger partial charge in [-0.1, -0.05) is 5.92 Å². The number of rotatable bonds is 4. The van der Waals surface area contributed by atoms with Crippen LogP contribution in [0.3, 0.4) is 0 Å². The van der Waals surface area contributed by atoms with Gasteiger partial charge in [-0.3, -0.25) is 4.79 Å². The molecule has 2 heterocycles. The van der Waals surface area contributed by atoms with Crippen LogP contribution in [0.2, 0.25) is 0 Å². The van der Waals surface area contributed by atoms with E-state index in [1.165, 1.54) is 16.6 Å². The number of sulfonamides is 1. The first-order chi connectivity index (χ1) is 9.05. The molecule has 0 radical (unpaired) electrons. The molecule has 7 heteroatoms. The zero-order chi connectivity index (χ0) is 13.9. The van der Waals surface area contributed by atoms with E-state index in [1.807, 2.05) is 0 Å². The third-order valence-electron chi connectivity index (χ3n) is 2.95. The lowest BCUT2D eigenvalue weighted by Gasteiger charge is -2.13. The van der Waals surface area contributed by atoms with E-state index in [4.69, 9.17) is 6.42 Å². The molecule has 0 aliphatic carbocycles. The van der Waals surface area contributed by atoms with Gasteiger partial charge >= 0.3 is 0 Å². The summed E-state index contributed by atoms with van der Waals surface area (Å²) in [6.45, 7) is 1.17. The van der Waals surface area contributed by atoms with Crippen molar-refractivity contribution in [3.8, 4) is 12.3 Å². The number of carbonyl (C=O) groups excluding carboxylic acids is 1. The summed E-state index contributed by atoms with van der Waals surface area (Å²) in [5.74, 6) is 1.86. The van der Waals surface area contributed by atoms with Crippen LogP contribution in [-0.2, 0) is 10.0 Å². The second kappa shape index (κ2) is 5.47. The van der Waals surface area contributed by atoms with Crippen molar-refractivity contribution in [2.75, 3.05) is 19.6 Å². The molecule has 0 bridgehead atoms. The van der Waals surface area contributed by atoms with Gasteiger partial charge in [-0.25, -0.2) is 8.42 Å². The fourth-order valence-corrected chi connectivity index (χ4v) is 3.47. The molecule has 1 saturated heterocycles. The first-order valence-electron chi connectivity index (χ1n) is 5.96. The summed E-state index contributed by atoms with van der Waals surface area (Å²) in [5, 5.41) is 2.47. The van der Waals surface area contributed by atoms with E-state index in [-0.39, 0.29) is 17.1 Å². The van der Waals surface area contributed by atoms with Gasteiger partial charge in [0.1, 0.15) is 10.6 Å². The predicted molar refractivity (Wildman–Crippen MR) is 70.0 cm³/mol. The van der Waals surface area contributed by atoms with Crippen LogP contribution in [0, 0.1) is 12.3 Å². The monoisotopic (exact) mass is 281 g/mol. The molecule has 1 fully saturated rings. The standard InChI is InChI=1S/C12H15N3O3S/c1-2-5-13-12(16)11-8-10(9-14-11)19(17,18)15-6-3-4-7-15/h1,8-9,14H,3-7H2,(H,13,16). The van der Waals surface area contributed by atoms with Crippen molar-refractivity contribution in [2.45, 2.75) is 17.7 Å². The van der Waals surface area contributed by atoms with Crippen molar-refractivity contribution in [3.63, 3.8) is 0 Å². The molecule has 6 nitrogen and oxygen atoms in total. The van der Waals surface area contributed by atoms with Crippen LogP contribution in [0.4, 0.5) is 0 Å². The molecule has 2 N–H and O–H groups in total. The van der Waals surface area contributed by atoms with Gasteiger partial charge in [-0.05, 0) is 18.9 Å². The number of terminal acetylenes is 1. The SMILES string of the molecule is C#CCNC(=O)c1cc(S(=O)(=O)N2CCCC2)c[nH]1. The van der Waals surface area contributed by atoms with E-state index < -0.39 is 15.9 Å². The van der Waals surface area contributed by atoms with Gasteiger partial charge in [0.05, 0.1) is 6.54 Å². The van der Waals surface area contributed by atoms with Crippen LogP contribution in [0.1, 0.15) is 23.3 Å². The molecular weight excluding hydrogens is 266 g/mol. The van der Waals surface area contributed by atoms with E-state index in [9.17, 15) is 13.2 Å². The number of carbonyl (C=O) groups is 1. The number of hydrogen-bond acceptors (Lipinski definition) is 3. The lowest BCUT2D eigenvalue weighted by Crippen LogP contribution is -2.27. The Morgan fingerprint density at radius 2 is 2.16 bits per heavy atom. The summed E-state index contributed by atoms with van der Waals surface area (Å²) in [4.78, 5) is 14.4. The second-order valence-corrected chi connectivity index (χ2v) is 6.18. The topological polar surface area (TPSA) is 82.3 Å². The summed E-state index contributed by atoms with van der Waals surface area (Å²) in [6, 6.07) is 1.33. The normalized spacial score (nSPS) is 16.2. The van der Waals surface area contributed by atoms with E-state index >= 15 is 0 Å². The highest BCUT2D eigenvalue weighted by Gasteiger charge is 2.28. The molecule has 1 aliphatic rings. The molecule has 1 amide bonds. The summed E-state index contributed by atoms with van der Waals surface area (Å²) in [6.07, 6.45) is 8.11. The van der Waals surface area contributed by atoms with Crippen LogP contribution in [0.5, 0.6) is 0 Å². The van der Waals surface area contributed by atoms with Crippen LogP contribution in [0.25, 0.3) is 0 Å². The van der Waals surface area contributed by atoms with Gasteiger partial charge in [0, 0.05) is 19.3 Å². The number of nitrogens with one attached hydrogen (secondary N) is 2. The van der Waals surface area contributed by atoms with Crippen molar-refractivity contribution in [1.29, 1.82) is 0 Å². The highest BCUT2D eigenvalue weighted by molar-refractivity contribution is 7.89. The Bertz CT molecular complexity index is 606. The Balaban J connectivity index is 2.17. The highest BCUT2D eigenvalue weighted by Crippen LogP contribution is 2.21. The van der Waals surface area contributed by atoms with Gasteiger partial charge in [-0.2, -0.15) is 4.31 Å². The van der Waals surface area contributed by atoms with Gasteiger partial charge in [0.2, 0.25) is 10.0 Å². The number of hydrogen-bond donors (Lipinski definition) is 2. The summed E-state index contributed by atoms with van der Waals surface area (Å²) in [5.41, 5.74) is 0.188. The largest absolute Gasteiger partial charge is 0.356 e.